The summed E-state index contributed by atoms with van der Waals surface area (Å²) in [6, 6.07) is 4.75. The van der Waals surface area contributed by atoms with Crippen molar-refractivity contribution < 1.29 is 30.6 Å². The summed E-state index contributed by atoms with van der Waals surface area (Å²) in [5, 5.41) is 0.474. The lowest BCUT2D eigenvalue weighted by Crippen LogP contribution is -3.00. The SMILES string of the molecule is CCSC(N)=[NH+]c1ccc(C(F)(F)F)cc1.[Cl-]. The number of thioether (sulfide) groups is 1. The maximum absolute atomic E-state index is 12.2. The summed E-state index contributed by atoms with van der Waals surface area (Å²) in [7, 11) is 0. The van der Waals surface area contributed by atoms with Crippen LogP contribution in [0.15, 0.2) is 24.3 Å². The Labute approximate surface area is 108 Å². The normalized spacial score (nSPS) is 12.1. The Hall–Kier alpha value is -0.880. The van der Waals surface area contributed by atoms with Crippen LogP contribution in [0, 0.1) is 0 Å². The maximum Gasteiger partial charge on any atom is 0.416 e. The second-order valence-electron chi connectivity index (χ2n) is 3.00. The fraction of sp³-hybridized carbons (Fsp3) is 0.300. The van der Waals surface area contributed by atoms with Crippen LogP contribution in [0.3, 0.4) is 0 Å². The van der Waals surface area contributed by atoms with E-state index in [0.717, 1.165) is 17.9 Å². The zero-order valence-corrected chi connectivity index (χ0v) is 10.6. The molecule has 1 aromatic rings. The highest BCUT2D eigenvalue weighted by molar-refractivity contribution is 8.13. The van der Waals surface area contributed by atoms with E-state index in [4.69, 9.17) is 5.73 Å². The molecule has 0 heterocycles. The molecule has 1 aromatic carbocycles. The minimum absolute atomic E-state index is 0. The van der Waals surface area contributed by atoms with Gasteiger partial charge in [0.05, 0.1) is 5.56 Å². The molecule has 3 N–H and O–H groups in total. The standard InChI is InChI=1S/C10H11F3N2S.ClH/c1-2-16-9(14)15-8-5-3-7(4-6-8)10(11,12)13;/h3-6H,2H2,1H3,(H2,14,15);1H. The number of benzene rings is 1. The van der Waals surface area contributed by atoms with Crippen molar-refractivity contribution in [3.05, 3.63) is 29.8 Å². The van der Waals surface area contributed by atoms with E-state index >= 15 is 0 Å². The molecule has 1 rings (SSSR count). The van der Waals surface area contributed by atoms with Gasteiger partial charge in [-0.05, 0) is 36.0 Å². The number of nitrogens with one attached hydrogen (secondary N) is 1. The number of halogens is 4. The molecular weight excluding hydrogens is 273 g/mol. The van der Waals surface area contributed by atoms with Gasteiger partial charge in [-0.2, -0.15) is 13.2 Å². The molecule has 0 aromatic heterocycles. The number of hydrogen-bond acceptors (Lipinski definition) is 1. The van der Waals surface area contributed by atoms with Crippen LogP contribution < -0.4 is 23.1 Å². The third-order valence-electron chi connectivity index (χ3n) is 1.78. The van der Waals surface area contributed by atoms with Gasteiger partial charge in [0, 0.05) is 5.75 Å². The largest absolute Gasteiger partial charge is 1.00 e. The second-order valence-corrected chi connectivity index (χ2v) is 4.30. The van der Waals surface area contributed by atoms with Crippen LogP contribution in [0.5, 0.6) is 0 Å². The summed E-state index contributed by atoms with van der Waals surface area (Å²) in [5.41, 5.74) is 5.47. The molecule has 0 bridgehead atoms. The molecular formula is C10H12ClF3N2S. The van der Waals surface area contributed by atoms with E-state index in [0.29, 0.717) is 10.9 Å². The average Bonchev–Trinajstić information content (AvgIpc) is 2.17. The first-order valence-corrected chi connectivity index (χ1v) is 5.61. The van der Waals surface area contributed by atoms with E-state index in [9.17, 15) is 13.2 Å². The maximum atomic E-state index is 12.2. The summed E-state index contributed by atoms with van der Waals surface area (Å²) in [6.45, 7) is 1.94. The monoisotopic (exact) mass is 284 g/mol. The molecule has 2 nitrogen and oxygen atoms in total. The molecule has 0 radical (unpaired) electrons. The quantitative estimate of drug-likeness (QED) is 0.512. The van der Waals surface area contributed by atoms with Gasteiger partial charge in [-0.3, -0.25) is 5.73 Å². The zero-order chi connectivity index (χ0) is 12.2. The smallest absolute Gasteiger partial charge is 0.416 e. The summed E-state index contributed by atoms with van der Waals surface area (Å²) >= 11 is 1.40. The fourth-order valence-electron chi connectivity index (χ4n) is 1.08. The molecule has 0 amide bonds. The Kier molecular flexibility index (Phi) is 6.41. The molecule has 0 aliphatic carbocycles. The predicted molar refractivity (Wildman–Crippen MR) is 59.4 cm³/mol. The Bertz CT molecular complexity index is 376. The van der Waals surface area contributed by atoms with Crippen LogP contribution in [-0.2, 0) is 6.18 Å². The molecule has 17 heavy (non-hydrogen) atoms. The molecule has 0 fully saturated rings. The van der Waals surface area contributed by atoms with Gasteiger partial charge in [-0.15, -0.1) is 0 Å². The molecule has 96 valence electrons. The molecule has 0 aliphatic rings. The van der Waals surface area contributed by atoms with Crippen LogP contribution in [0.4, 0.5) is 18.9 Å². The van der Waals surface area contributed by atoms with Crippen molar-refractivity contribution in [1.82, 2.24) is 0 Å². The molecule has 0 aliphatic heterocycles. The van der Waals surface area contributed by atoms with E-state index in [-0.39, 0.29) is 12.4 Å². The van der Waals surface area contributed by atoms with Crippen molar-refractivity contribution in [3.8, 4) is 0 Å². The van der Waals surface area contributed by atoms with Gasteiger partial charge in [0.2, 0.25) is 0 Å². The Morgan fingerprint density at radius 2 is 1.82 bits per heavy atom. The van der Waals surface area contributed by atoms with Crippen molar-refractivity contribution in [3.63, 3.8) is 0 Å². The molecule has 0 saturated carbocycles. The molecule has 0 atom stereocenters. The first-order chi connectivity index (χ1) is 7.43. The van der Waals surface area contributed by atoms with E-state index in [1.165, 1.54) is 23.9 Å². The number of hydrogen-bond donors (Lipinski definition) is 2. The van der Waals surface area contributed by atoms with Crippen molar-refractivity contribution >= 4 is 22.6 Å². The lowest BCUT2D eigenvalue weighted by atomic mass is 10.2. The zero-order valence-electron chi connectivity index (χ0n) is 9.01. The Morgan fingerprint density at radius 1 is 1.29 bits per heavy atom. The van der Waals surface area contributed by atoms with Crippen LogP contribution in [0.2, 0.25) is 0 Å². The third kappa shape index (κ3) is 5.32. The second kappa shape index (κ2) is 6.76. The van der Waals surface area contributed by atoms with E-state index in [1.807, 2.05) is 6.92 Å². The third-order valence-corrected chi connectivity index (χ3v) is 2.48. The highest BCUT2D eigenvalue weighted by Crippen LogP contribution is 2.29. The van der Waals surface area contributed by atoms with Gasteiger partial charge >= 0.3 is 11.3 Å². The van der Waals surface area contributed by atoms with Gasteiger partial charge < -0.3 is 12.4 Å². The van der Waals surface area contributed by atoms with Crippen molar-refractivity contribution in [1.29, 1.82) is 0 Å². The number of amidine groups is 1. The van der Waals surface area contributed by atoms with Gasteiger partial charge in [-0.1, -0.05) is 6.92 Å². The van der Waals surface area contributed by atoms with Gasteiger partial charge in [-0.25, -0.2) is 4.99 Å². The van der Waals surface area contributed by atoms with Gasteiger partial charge in [0.15, 0.2) is 0 Å². The summed E-state index contributed by atoms with van der Waals surface area (Å²) in [5.74, 6) is 0.805. The number of alkyl halides is 3. The summed E-state index contributed by atoms with van der Waals surface area (Å²) in [4.78, 5) is 2.81. The summed E-state index contributed by atoms with van der Waals surface area (Å²) < 4.78 is 36.7. The van der Waals surface area contributed by atoms with Crippen LogP contribution in [-0.4, -0.2) is 10.9 Å². The van der Waals surface area contributed by atoms with Crippen molar-refractivity contribution in [2.45, 2.75) is 13.1 Å². The molecule has 0 spiro atoms. The average molecular weight is 285 g/mol. The van der Waals surface area contributed by atoms with E-state index < -0.39 is 11.7 Å². The summed E-state index contributed by atoms with van der Waals surface area (Å²) in [6.07, 6.45) is -4.30. The van der Waals surface area contributed by atoms with Crippen molar-refractivity contribution in [2.24, 2.45) is 5.73 Å². The lowest BCUT2D eigenvalue weighted by molar-refractivity contribution is -0.351. The first-order valence-electron chi connectivity index (χ1n) is 4.63. The van der Waals surface area contributed by atoms with Crippen LogP contribution >= 0.6 is 11.8 Å². The highest BCUT2D eigenvalue weighted by atomic mass is 35.5. The number of rotatable bonds is 2. The van der Waals surface area contributed by atoms with E-state index in [1.54, 1.807) is 0 Å². The number of nitrogens with two attached hydrogens (primary N) is 1. The van der Waals surface area contributed by atoms with Crippen LogP contribution in [0.1, 0.15) is 12.5 Å². The van der Waals surface area contributed by atoms with Crippen LogP contribution in [0.25, 0.3) is 0 Å². The minimum Gasteiger partial charge on any atom is -1.00 e. The van der Waals surface area contributed by atoms with Gasteiger partial charge in [0.25, 0.3) is 0 Å². The fourth-order valence-corrected chi connectivity index (χ4v) is 1.58. The predicted octanol–water partition coefficient (Wildman–Crippen LogP) is -1.51. The Balaban J connectivity index is 0.00000256. The Morgan fingerprint density at radius 3 is 2.24 bits per heavy atom. The van der Waals surface area contributed by atoms with E-state index in [2.05, 4.69) is 4.99 Å². The highest BCUT2D eigenvalue weighted by Gasteiger charge is 2.30. The van der Waals surface area contributed by atoms with Crippen molar-refractivity contribution in [2.75, 3.05) is 5.75 Å². The molecule has 0 saturated heterocycles. The minimum atomic E-state index is -4.30. The molecule has 0 unspecified atom stereocenters. The first kappa shape index (κ1) is 16.1. The van der Waals surface area contributed by atoms with Gasteiger partial charge in [0.1, 0.15) is 5.69 Å². The lowest BCUT2D eigenvalue weighted by Gasteiger charge is -2.05. The molecule has 7 heteroatoms. The topological polar surface area (TPSA) is 40.0 Å².